The van der Waals surface area contributed by atoms with Crippen LogP contribution >= 0.6 is 11.8 Å². The van der Waals surface area contributed by atoms with Gasteiger partial charge in [-0.2, -0.15) is 11.8 Å². The second kappa shape index (κ2) is 5.48. The van der Waals surface area contributed by atoms with E-state index in [0.29, 0.717) is 10.8 Å². The number of thioether (sulfide) groups is 1. The lowest BCUT2D eigenvalue weighted by Gasteiger charge is -2.58. The molecule has 2 unspecified atom stereocenters. The van der Waals surface area contributed by atoms with Gasteiger partial charge in [-0.3, -0.25) is 4.90 Å². The van der Waals surface area contributed by atoms with E-state index in [4.69, 9.17) is 5.73 Å². The standard InChI is InChI=1S/C17H34N2S/c1-13-7-19(8-14(2)20-13)17(12-18)10-15(3,4)9-16(5,6)11-17/h13-14H,7-12,18H2,1-6H3. The minimum atomic E-state index is 0.217. The van der Waals surface area contributed by atoms with Gasteiger partial charge in [-0.1, -0.05) is 41.5 Å². The van der Waals surface area contributed by atoms with Gasteiger partial charge in [-0.15, -0.1) is 0 Å². The molecule has 3 heteroatoms. The van der Waals surface area contributed by atoms with E-state index in [9.17, 15) is 0 Å². The fraction of sp³-hybridized carbons (Fsp3) is 1.00. The smallest absolute Gasteiger partial charge is 0.0342 e. The average Bonchev–Trinajstić information content (AvgIpc) is 2.23. The summed E-state index contributed by atoms with van der Waals surface area (Å²) in [4.78, 5) is 2.75. The summed E-state index contributed by atoms with van der Waals surface area (Å²) < 4.78 is 0. The average molecular weight is 299 g/mol. The Morgan fingerprint density at radius 3 is 1.80 bits per heavy atom. The van der Waals surface area contributed by atoms with E-state index in [1.165, 1.54) is 32.4 Å². The van der Waals surface area contributed by atoms with E-state index in [0.717, 1.165) is 17.0 Å². The fourth-order valence-corrected chi connectivity index (χ4v) is 6.65. The van der Waals surface area contributed by atoms with Crippen molar-refractivity contribution in [1.82, 2.24) is 4.90 Å². The maximum absolute atomic E-state index is 6.35. The summed E-state index contributed by atoms with van der Waals surface area (Å²) in [5.41, 5.74) is 7.37. The van der Waals surface area contributed by atoms with Crippen LogP contribution in [-0.4, -0.2) is 40.6 Å². The molecule has 0 aromatic carbocycles. The molecule has 1 aliphatic carbocycles. The summed E-state index contributed by atoms with van der Waals surface area (Å²) in [6, 6.07) is 0. The maximum Gasteiger partial charge on any atom is 0.0342 e. The Morgan fingerprint density at radius 1 is 0.950 bits per heavy atom. The molecule has 0 bridgehead atoms. The highest BCUT2D eigenvalue weighted by Gasteiger charge is 2.50. The third-order valence-electron chi connectivity index (χ3n) is 5.04. The van der Waals surface area contributed by atoms with Crippen LogP contribution in [0, 0.1) is 10.8 Å². The predicted molar refractivity (Wildman–Crippen MR) is 91.3 cm³/mol. The van der Waals surface area contributed by atoms with Gasteiger partial charge in [0.05, 0.1) is 0 Å². The van der Waals surface area contributed by atoms with E-state index >= 15 is 0 Å². The number of hydrogen-bond acceptors (Lipinski definition) is 3. The topological polar surface area (TPSA) is 29.3 Å². The van der Waals surface area contributed by atoms with Crippen molar-refractivity contribution in [1.29, 1.82) is 0 Å². The Morgan fingerprint density at radius 2 is 1.40 bits per heavy atom. The van der Waals surface area contributed by atoms with E-state index in [1.807, 2.05) is 0 Å². The van der Waals surface area contributed by atoms with Crippen molar-refractivity contribution in [3.63, 3.8) is 0 Å². The van der Waals surface area contributed by atoms with Gasteiger partial charge in [0.25, 0.3) is 0 Å². The number of rotatable bonds is 2. The van der Waals surface area contributed by atoms with Crippen LogP contribution in [-0.2, 0) is 0 Å². The van der Waals surface area contributed by atoms with Crippen molar-refractivity contribution >= 4 is 11.8 Å². The molecule has 0 spiro atoms. The summed E-state index contributed by atoms with van der Waals surface area (Å²) in [6.45, 7) is 17.7. The molecule has 1 saturated carbocycles. The van der Waals surface area contributed by atoms with E-state index in [-0.39, 0.29) is 5.54 Å². The zero-order valence-corrected chi connectivity index (χ0v) is 15.1. The van der Waals surface area contributed by atoms with Crippen LogP contribution in [0.5, 0.6) is 0 Å². The molecule has 0 aromatic rings. The molecule has 1 aliphatic heterocycles. The van der Waals surface area contributed by atoms with Gasteiger partial charge in [-0.25, -0.2) is 0 Å². The summed E-state index contributed by atoms with van der Waals surface area (Å²) in [7, 11) is 0. The van der Waals surface area contributed by atoms with Crippen LogP contribution < -0.4 is 5.73 Å². The van der Waals surface area contributed by atoms with Gasteiger partial charge in [-0.05, 0) is 30.1 Å². The van der Waals surface area contributed by atoms with Crippen molar-refractivity contribution in [2.75, 3.05) is 19.6 Å². The van der Waals surface area contributed by atoms with E-state index in [2.05, 4.69) is 58.2 Å². The highest BCUT2D eigenvalue weighted by atomic mass is 32.2. The lowest BCUT2D eigenvalue weighted by Crippen LogP contribution is -2.63. The molecule has 2 atom stereocenters. The molecule has 2 N–H and O–H groups in total. The minimum absolute atomic E-state index is 0.217. The summed E-state index contributed by atoms with van der Waals surface area (Å²) in [6.07, 6.45) is 3.82. The SMILES string of the molecule is CC1CN(C2(CN)CC(C)(C)CC(C)(C)C2)CC(C)S1. The molecular formula is C17H34N2S. The van der Waals surface area contributed by atoms with Gasteiger partial charge in [0.15, 0.2) is 0 Å². The first-order chi connectivity index (χ1) is 9.07. The molecule has 0 amide bonds. The first-order valence-electron chi connectivity index (χ1n) is 8.18. The van der Waals surface area contributed by atoms with Crippen LogP contribution in [0.4, 0.5) is 0 Å². The number of nitrogens with zero attached hydrogens (tertiary/aromatic N) is 1. The maximum atomic E-state index is 6.35. The third-order valence-corrected chi connectivity index (χ3v) is 6.27. The van der Waals surface area contributed by atoms with Crippen molar-refractivity contribution < 1.29 is 0 Å². The van der Waals surface area contributed by atoms with Crippen molar-refractivity contribution in [3.8, 4) is 0 Å². The molecule has 20 heavy (non-hydrogen) atoms. The Bertz CT molecular complexity index is 325. The third kappa shape index (κ3) is 3.53. The number of hydrogen-bond donors (Lipinski definition) is 1. The molecule has 0 radical (unpaired) electrons. The predicted octanol–water partition coefficient (Wildman–Crippen LogP) is 3.75. The molecular weight excluding hydrogens is 264 g/mol. The summed E-state index contributed by atoms with van der Waals surface area (Å²) in [5, 5.41) is 1.46. The highest BCUT2D eigenvalue weighted by Crippen LogP contribution is 2.52. The monoisotopic (exact) mass is 298 g/mol. The van der Waals surface area contributed by atoms with E-state index < -0.39 is 0 Å². The molecule has 1 saturated heterocycles. The lowest BCUT2D eigenvalue weighted by molar-refractivity contribution is -0.0442. The minimum Gasteiger partial charge on any atom is -0.329 e. The Labute approximate surface area is 130 Å². The van der Waals surface area contributed by atoms with Crippen LogP contribution in [0.25, 0.3) is 0 Å². The van der Waals surface area contributed by atoms with Gasteiger partial charge in [0, 0.05) is 35.7 Å². The Balaban J connectivity index is 2.28. The molecule has 2 fully saturated rings. The first kappa shape index (κ1) is 16.6. The quantitative estimate of drug-likeness (QED) is 0.842. The Hall–Kier alpha value is 0.270. The summed E-state index contributed by atoms with van der Waals surface area (Å²) >= 11 is 2.14. The number of nitrogens with two attached hydrogens (primary N) is 1. The molecule has 2 aliphatic rings. The van der Waals surface area contributed by atoms with Gasteiger partial charge in [0.1, 0.15) is 0 Å². The molecule has 1 heterocycles. The van der Waals surface area contributed by atoms with Crippen molar-refractivity contribution in [2.45, 2.75) is 76.8 Å². The molecule has 2 rings (SSSR count). The fourth-order valence-electron chi connectivity index (χ4n) is 5.33. The van der Waals surface area contributed by atoms with Gasteiger partial charge < -0.3 is 5.73 Å². The summed E-state index contributed by atoms with van der Waals surface area (Å²) in [5.74, 6) is 0. The molecule has 118 valence electrons. The zero-order valence-electron chi connectivity index (χ0n) is 14.3. The molecule has 0 aromatic heterocycles. The van der Waals surface area contributed by atoms with Crippen molar-refractivity contribution in [3.05, 3.63) is 0 Å². The van der Waals surface area contributed by atoms with Gasteiger partial charge >= 0.3 is 0 Å². The lowest BCUT2D eigenvalue weighted by atomic mass is 9.58. The second-order valence-corrected chi connectivity index (χ2v) is 10.8. The van der Waals surface area contributed by atoms with Crippen molar-refractivity contribution in [2.24, 2.45) is 16.6 Å². The molecule has 2 nitrogen and oxygen atoms in total. The van der Waals surface area contributed by atoms with Gasteiger partial charge in [0.2, 0.25) is 0 Å². The first-order valence-corrected chi connectivity index (χ1v) is 9.12. The van der Waals surface area contributed by atoms with Crippen LogP contribution in [0.1, 0.15) is 60.8 Å². The normalized spacial score (nSPS) is 36.8. The van der Waals surface area contributed by atoms with Crippen LogP contribution in [0.15, 0.2) is 0 Å². The second-order valence-electron chi connectivity index (χ2n) is 8.95. The zero-order chi connectivity index (χ0) is 15.2. The Kier molecular flexibility index (Phi) is 4.56. The van der Waals surface area contributed by atoms with Crippen LogP contribution in [0.2, 0.25) is 0 Å². The highest BCUT2D eigenvalue weighted by molar-refractivity contribution is 8.00. The van der Waals surface area contributed by atoms with Crippen LogP contribution in [0.3, 0.4) is 0 Å². The largest absolute Gasteiger partial charge is 0.329 e. The van der Waals surface area contributed by atoms with E-state index in [1.54, 1.807) is 0 Å².